The van der Waals surface area contributed by atoms with Crippen LogP contribution in [-0.2, 0) is 12.3 Å². The topological polar surface area (TPSA) is 91.6 Å². The number of benzene rings is 3. The Bertz CT molecular complexity index is 1860. The van der Waals surface area contributed by atoms with Crippen LogP contribution in [0.15, 0.2) is 98.0 Å². The summed E-state index contributed by atoms with van der Waals surface area (Å²) in [7, 11) is 1.57. The van der Waals surface area contributed by atoms with E-state index in [1.807, 2.05) is 71.1 Å². The Morgan fingerprint density at radius 2 is 1.72 bits per heavy atom. The molecule has 3 heterocycles. The molecule has 6 rings (SSSR count). The van der Waals surface area contributed by atoms with E-state index in [2.05, 4.69) is 10.2 Å². The summed E-state index contributed by atoms with van der Waals surface area (Å²) >= 11 is 1.44. The summed E-state index contributed by atoms with van der Waals surface area (Å²) < 4.78 is 14.2. The van der Waals surface area contributed by atoms with Crippen LogP contribution in [-0.4, -0.2) is 26.3 Å². The maximum Gasteiger partial charge on any atom is 0.336 e. The van der Waals surface area contributed by atoms with Gasteiger partial charge in [-0.3, -0.25) is 13.8 Å². The van der Waals surface area contributed by atoms with Gasteiger partial charge in [0.2, 0.25) is 5.78 Å². The molecule has 3 aromatic heterocycles. The standard InChI is InChI=1S/C27H20N4O4S/c1-34-19-11-12-20-18(13-24(32)35-23(20)14-19)16-36-27-29-28-26-30(15-17-7-3-2-4-8-17)25(33)21-9-5-6-10-22(21)31(26)27/h2-14H,15-16H2,1H3. The summed E-state index contributed by atoms with van der Waals surface area (Å²) in [5.74, 6) is 1.54. The molecule has 0 aliphatic rings. The summed E-state index contributed by atoms with van der Waals surface area (Å²) in [6, 6.07) is 24.1. The molecule has 0 radical (unpaired) electrons. The van der Waals surface area contributed by atoms with Crippen LogP contribution in [0.4, 0.5) is 0 Å². The lowest BCUT2D eigenvalue weighted by Gasteiger charge is -2.11. The van der Waals surface area contributed by atoms with Crippen molar-refractivity contribution in [2.75, 3.05) is 7.11 Å². The number of ether oxygens (including phenoxy) is 1. The van der Waals surface area contributed by atoms with Gasteiger partial charge in [0, 0.05) is 23.3 Å². The summed E-state index contributed by atoms with van der Waals surface area (Å²) in [5.41, 5.74) is 2.45. The highest BCUT2D eigenvalue weighted by molar-refractivity contribution is 7.98. The van der Waals surface area contributed by atoms with Gasteiger partial charge in [0.15, 0.2) is 5.16 Å². The Balaban J connectivity index is 1.46. The Kier molecular flexibility index (Phi) is 5.54. The molecule has 0 bridgehead atoms. The molecule has 0 saturated heterocycles. The number of fused-ring (bicyclic) bond motifs is 4. The molecule has 8 nitrogen and oxygen atoms in total. The third-order valence-electron chi connectivity index (χ3n) is 6.06. The van der Waals surface area contributed by atoms with Gasteiger partial charge < -0.3 is 9.15 Å². The summed E-state index contributed by atoms with van der Waals surface area (Å²) in [4.78, 5) is 25.6. The van der Waals surface area contributed by atoms with Gasteiger partial charge in [-0.15, -0.1) is 10.2 Å². The third-order valence-corrected chi connectivity index (χ3v) is 7.03. The minimum Gasteiger partial charge on any atom is -0.497 e. The molecule has 0 spiro atoms. The number of hydrogen-bond donors (Lipinski definition) is 0. The molecule has 178 valence electrons. The number of aromatic nitrogens is 4. The Labute approximate surface area is 208 Å². The Hall–Kier alpha value is -4.37. The van der Waals surface area contributed by atoms with E-state index in [1.165, 1.54) is 17.8 Å². The summed E-state index contributed by atoms with van der Waals surface area (Å²) in [6.07, 6.45) is 0. The smallest absolute Gasteiger partial charge is 0.336 e. The SMILES string of the molecule is COc1ccc2c(CSc3nnc4n(Cc5ccccc5)c(=O)c5ccccc5n34)cc(=O)oc2c1. The average molecular weight is 497 g/mol. The van der Waals surface area contributed by atoms with Gasteiger partial charge >= 0.3 is 5.63 Å². The van der Waals surface area contributed by atoms with Gasteiger partial charge in [-0.05, 0) is 35.4 Å². The van der Waals surface area contributed by atoms with Crippen molar-refractivity contribution in [2.45, 2.75) is 17.5 Å². The molecular weight excluding hydrogens is 476 g/mol. The zero-order chi connectivity index (χ0) is 24.6. The van der Waals surface area contributed by atoms with Gasteiger partial charge in [-0.2, -0.15) is 0 Å². The molecule has 0 unspecified atom stereocenters. The van der Waals surface area contributed by atoms with Crippen molar-refractivity contribution in [1.29, 1.82) is 0 Å². The lowest BCUT2D eigenvalue weighted by Crippen LogP contribution is -2.24. The molecule has 0 saturated carbocycles. The van der Waals surface area contributed by atoms with Crippen LogP contribution in [0.25, 0.3) is 27.6 Å². The molecular formula is C27H20N4O4S. The van der Waals surface area contributed by atoms with Crippen LogP contribution in [0.5, 0.6) is 5.75 Å². The van der Waals surface area contributed by atoms with Crippen molar-refractivity contribution in [2.24, 2.45) is 0 Å². The number of para-hydroxylation sites is 1. The molecule has 0 aliphatic carbocycles. The fourth-order valence-corrected chi connectivity index (χ4v) is 5.27. The van der Waals surface area contributed by atoms with Crippen LogP contribution in [0.2, 0.25) is 0 Å². The highest BCUT2D eigenvalue weighted by Gasteiger charge is 2.18. The molecule has 3 aromatic carbocycles. The lowest BCUT2D eigenvalue weighted by molar-refractivity contribution is 0.414. The summed E-state index contributed by atoms with van der Waals surface area (Å²) in [6.45, 7) is 0.378. The van der Waals surface area contributed by atoms with Crippen LogP contribution < -0.4 is 15.9 Å². The second kappa shape index (κ2) is 9.01. The van der Waals surface area contributed by atoms with E-state index >= 15 is 0 Å². The highest BCUT2D eigenvalue weighted by Crippen LogP contribution is 2.29. The van der Waals surface area contributed by atoms with Crippen molar-refractivity contribution in [3.8, 4) is 5.75 Å². The minimum absolute atomic E-state index is 0.119. The van der Waals surface area contributed by atoms with Crippen LogP contribution in [0.1, 0.15) is 11.1 Å². The van der Waals surface area contributed by atoms with Crippen molar-refractivity contribution >= 4 is 39.4 Å². The molecule has 0 aliphatic heterocycles. The predicted molar refractivity (Wildman–Crippen MR) is 139 cm³/mol. The monoisotopic (exact) mass is 496 g/mol. The number of nitrogens with zero attached hydrogens (tertiary/aromatic N) is 4. The van der Waals surface area contributed by atoms with E-state index in [9.17, 15) is 9.59 Å². The van der Waals surface area contributed by atoms with E-state index in [0.717, 1.165) is 22.0 Å². The molecule has 6 aromatic rings. The fourth-order valence-electron chi connectivity index (χ4n) is 4.33. The van der Waals surface area contributed by atoms with Crippen molar-refractivity contribution < 1.29 is 9.15 Å². The second-order valence-corrected chi connectivity index (χ2v) is 9.20. The van der Waals surface area contributed by atoms with Crippen LogP contribution in [0, 0.1) is 0 Å². The first kappa shape index (κ1) is 22.1. The van der Waals surface area contributed by atoms with Gasteiger partial charge in [0.25, 0.3) is 5.56 Å². The maximum atomic E-state index is 13.4. The van der Waals surface area contributed by atoms with Crippen LogP contribution in [0.3, 0.4) is 0 Å². The molecule has 36 heavy (non-hydrogen) atoms. The zero-order valence-electron chi connectivity index (χ0n) is 19.2. The van der Waals surface area contributed by atoms with Crippen LogP contribution >= 0.6 is 11.8 Å². The van der Waals surface area contributed by atoms with E-state index < -0.39 is 5.63 Å². The number of rotatable bonds is 6. The second-order valence-electron chi connectivity index (χ2n) is 8.25. The van der Waals surface area contributed by atoms with E-state index in [-0.39, 0.29) is 5.56 Å². The zero-order valence-corrected chi connectivity index (χ0v) is 20.1. The Morgan fingerprint density at radius 1 is 0.917 bits per heavy atom. The van der Waals surface area contributed by atoms with E-state index in [1.54, 1.807) is 17.7 Å². The first-order valence-electron chi connectivity index (χ1n) is 11.3. The minimum atomic E-state index is -0.431. The largest absolute Gasteiger partial charge is 0.497 e. The van der Waals surface area contributed by atoms with Gasteiger partial charge in [0.05, 0.1) is 24.6 Å². The maximum absolute atomic E-state index is 13.4. The third kappa shape index (κ3) is 3.83. The normalized spacial score (nSPS) is 11.5. The van der Waals surface area contributed by atoms with Gasteiger partial charge in [-0.25, -0.2) is 4.79 Å². The first-order valence-corrected chi connectivity index (χ1v) is 12.2. The molecule has 0 amide bonds. The fraction of sp³-hybridized carbons (Fsp3) is 0.111. The molecule has 0 fully saturated rings. The van der Waals surface area contributed by atoms with Gasteiger partial charge in [-0.1, -0.05) is 54.2 Å². The van der Waals surface area contributed by atoms with Gasteiger partial charge in [0.1, 0.15) is 11.3 Å². The van der Waals surface area contributed by atoms with Crippen molar-refractivity contribution in [1.82, 2.24) is 19.2 Å². The van der Waals surface area contributed by atoms with Crippen molar-refractivity contribution in [3.05, 3.63) is 111 Å². The Morgan fingerprint density at radius 3 is 2.56 bits per heavy atom. The van der Waals surface area contributed by atoms with Crippen molar-refractivity contribution in [3.63, 3.8) is 0 Å². The molecule has 0 N–H and O–H groups in total. The predicted octanol–water partition coefficient (Wildman–Crippen LogP) is 4.50. The number of thioether (sulfide) groups is 1. The van der Waals surface area contributed by atoms with E-state index in [0.29, 0.717) is 40.0 Å². The highest BCUT2D eigenvalue weighted by atomic mass is 32.2. The quantitative estimate of drug-likeness (QED) is 0.248. The average Bonchev–Trinajstić information content (AvgIpc) is 3.33. The summed E-state index contributed by atoms with van der Waals surface area (Å²) in [5, 5.41) is 10.9. The molecule has 0 atom stereocenters. The lowest BCUT2D eigenvalue weighted by atomic mass is 10.1. The van der Waals surface area contributed by atoms with E-state index in [4.69, 9.17) is 9.15 Å². The number of hydrogen-bond acceptors (Lipinski definition) is 7. The first-order chi connectivity index (χ1) is 17.6. The number of methoxy groups -OCH3 is 1. The molecule has 9 heteroatoms.